The minimum absolute atomic E-state index is 0.238. The highest BCUT2D eigenvalue weighted by Gasteiger charge is 2.19. The highest BCUT2D eigenvalue weighted by Crippen LogP contribution is 2.17. The molecule has 2 heterocycles. The summed E-state index contributed by atoms with van der Waals surface area (Å²) in [7, 11) is 0. The molecule has 3 aromatic rings. The van der Waals surface area contributed by atoms with E-state index in [0.717, 1.165) is 10.4 Å². The molecule has 9 nitrogen and oxygen atoms in total. The molecule has 3 rings (SSSR count). The Labute approximate surface area is 165 Å². The van der Waals surface area contributed by atoms with E-state index in [9.17, 15) is 9.59 Å². The molecule has 1 atom stereocenters. The highest BCUT2D eigenvalue weighted by molar-refractivity contribution is 7.08. The summed E-state index contributed by atoms with van der Waals surface area (Å²) in [5.74, 6) is 0.0594. The van der Waals surface area contributed by atoms with Crippen molar-refractivity contribution in [1.82, 2.24) is 20.2 Å². The molecule has 0 unspecified atom stereocenters. The molecule has 0 saturated heterocycles. The molecule has 0 spiro atoms. The van der Waals surface area contributed by atoms with Gasteiger partial charge in [-0.05, 0) is 54.8 Å². The molecular weight excluding hydrogens is 382 g/mol. The van der Waals surface area contributed by atoms with E-state index in [0.29, 0.717) is 23.9 Å². The van der Waals surface area contributed by atoms with Crippen molar-refractivity contribution in [2.75, 3.05) is 11.9 Å². The summed E-state index contributed by atoms with van der Waals surface area (Å²) in [5.41, 5.74) is 1.41. The van der Waals surface area contributed by atoms with Crippen molar-refractivity contribution < 1.29 is 19.1 Å². The monoisotopic (exact) mass is 401 g/mol. The Morgan fingerprint density at radius 2 is 2.04 bits per heavy atom. The van der Waals surface area contributed by atoms with Gasteiger partial charge in [-0.15, -0.1) is 10.2 Å². The molecule has 1 amide bonds. The van der Waals surface area contributed by atoms with E-state index >= 15 is 0 Å². The minimum Gasteiger partial charge on any atom is -0.494 e. The fourth-order valence-electron chi connectivity index (χ4n) is 2.27. The molecule has 0 bridgehead atoms. The Bertz CT molecular complexity index is 924. The van der Waals surface area contributed by atoms with Crippen molar-refractivity contribution in [3.05, 3.63) is 41.1 Å². The first-order valence-corrected chi connectivity index (χ1v) is 9.53. The van der Waals surface area contributed by atoms with E-state index in [1.807, 2.05) is 23.8 Å². The van der Waals surface area contributed by atoms with Crippen LogP contribution in [0, 0.1) is 0 Å². The van der Waals surface area contributed by atoms with Gasteiger partial charge in [0.1, 0.15) is 5.75 Å². The molecule has 0 saturated carbocycles. The van der Waals surface area contributed by atoms with Crippen LogP contribution in [0.5, 0.6) is 5.75 Å². The number of tetrazole rings is 1. The van der Waals surface area contributed by atoms with E-state index in [4.69, 9.17) is 9.47 Å². The SMILES string of the molecule is CCOc1ccc(NC(=O)[C@@H](C)OC(=O)Cn2nnc(-c3ccsc3)n2)cc1. The van der Waals surface area contributed by atoms with Gasteiger partial charge >= 0.3 is 5.97 Å². The lowest BCUT2D eigenvalue weighted by atomic mass is 10.3. The number of nitrogens with one attached hydrogen (secondary N) is 1. The van der Waals surface area contributed by atoms with Gasteiger partial charge < -0.3 is 14.8 Å². The summed E-state index contributed by atoms with van der Waals surface area (Å²) in [6.07, 6.45) is -0.973. The van der Waals surface area contributed by atoms with Gasteiger partial charge in [0, 0.05) is 16.6 Å². The largest absolute Gasteiger partial charge is 0.494 e. The lowest BCUT2D eigenvalue weighted by molar-refractivity contribution is -0.154. The average molecular weight is 401 g/mol. The van der Waals surface area contributed by atoms with E-state index in [2.05, 4.69) is 20.7 Å². The molecule has 0 aliphatic heterocycles. The van der Waals surface area contributed by atoms with Crippen LogP contribution in [-0.4, -0.2) is 44.8 Å². The van der Waals surface area contributed by atoms with Crippen LogP contribution in [0.2, 0.25) is 0 Å². The van der Waals surface area contributed by atoms with Crippen molar-refractivity contribution in [2.45, 2.75) is 26.5 Å². The van der Waals surface area contributed by atoms with Crippen molar-refractivity contribution in [1.29, 1.82) is 0 Å². The first-order valence-electron chi connectivity index (χ1n) is 8.58. The third-order valence-corrected chi connectivity index (χ3v) is 4.30. The van der Waals surface area contributed by atoms with Crippen molar-refractivity contribution >= 4 is 28.9 Å². The zero-order chi connectivity index (χ0) is 19.9. The van der Waals surface area contributed by atoms with Crippen LogP contribution in [0.25, 0.3) is 11.4 Å². The number of aromatic nitrogens is 4. The van der Waals surface area contributed by atoms with Gasteiger partial charge in [-0.1, -0.05) is 0 Å². The summed E-state index contributed by atoms with van der Waals surface area (Å²) in [6, 6.07) is 8.78. The Hall–Kier alpha value is -3.27. The minimum atomic E-state index is -0.973. The van der Waals surface area contributed by atoms with Gasteiger partial charge in [-0.3, -0.25) is 4.79 Å². The number of ether oxygens (including phenoxy) is 2. The Morgan fingerprint density at radius 1 is 1.25 bits per heavy atom. The molecule has 0 aliphatic rings. The molecule has 10 heteroatoms. The van der Waals surface area contributed by atoms with Crippen LogP contribution >= 0.6 is 11.3 Å². The first kappa shape index (κ1) is 19.5. The number of anilines is 1. The molecular formula is C18H19N5O4S. The number of thiophene rings is 1. The van der Waals surface area contributed by atoms with E-state index in [-0.39, 0.29) is 6.54 Å². The smallest absolute Gasteiger partial charge is 0.330 e. The molecule has 2 aromatic heterocycles. The molecule has 1 N–H and O–H groups in total. The van der Waals surface area contributed by atoms with E-state index < -0.39 is 18.0 Å². The summed E-state index contributed by atoms with van der Waals surface area (Å²) >= 11 is 1.51. The number of benzene rings is 1. The van der Waals surface area contributed by atoms with Crippen LogP contribution in [0.3, 0.4) is 0 Å². The predicted molar refractivity (Wildman–Crippen MR) is 103 cm³/mol. The number of amides is 1. The van der Waals surface area contributed by atoms with Crippen molar-refractivity contribution in [3.8, 4) is 17.1 Å². The first-order chi connectivity index (χ1) is 13.5. The zero-order valence-electron chi connectivity index (χ0n) is 15.4. The number of esters is 1. The number of hydrogen-bond donors (Lipinski definition) is 1. The van der Waals surface area contributed by atoms with Crippen LogP contribution < -0.4 is 10.1 Å². The topological polar surface area (TPSA) is 108 Å². The van der Waals surface area contributed by atoms with Crippen LogP contribution in [0.15, 0.2) is 41.1 Å². The summed E-state index contributed by atoms with van der Waals surface area (Å²) in [5, 5.41) is 18.3. The summed E-state index contributed by atoms with van der Waals surface area (Å²) in [6.45, 7) is 3.71. The van der Waals surface area contributed by atoms with Gasteiger partial charge in [0.25, 0.3) is 5.91 Å². The zero-order valence-corrected chi connectivity index (χ0v) is 16.2. The third-order valence-electron chi connectivity index (χ3n) is 3.61. The summed E-state index contributed by atoms with van der Waals surface area (Å²) in [4.78, 5) is 25.4. The maximum atomic E-state index is 12.2. The number of rotatable bonds is 8. The van der Waals surface area contributed by atoms with E-state index in [1.54, 1.807) is 24.3 Å². The molecule has 28 heavy (non-hydrogen) atoms. The highest BCUT2D eigenvalue weighted by atomic mass is 32.1. The number of nitrogens with zero attached hydrogens (tertiary/aromatic N) is 4. The Morgan fingerprint density at radius 3 is 2.71 bits per heavy atom. The Kier molecular flexibility index (Phi) is 6.33. The summed E-state index contributed by atoms with van der Waals surface area (Å²) < 4.78 is 10.5. The van der Waals surface area contributed by atoms with E-state index in [1.165, 1.54) is 18.3 Å². The number of carbonyl (C=O) groups is 2. The molecule has 146 valence electrons. The van der Waals surface area contributed by atoms with Crippen LogP contribution in [0.4, 0.5) is 5.69 Å². The van der Waals surface area contributed by atoms with Crippen LogP contribution in [-0.2, 0) is 20.9 Å². The number of hydrogen-bond acceptors (Lipinski definition) is 8. The molecule has 0 fully saturated rings. The maximum Gasteiger partial charge on any atom is 0.330 e. The number of carbonyl (C=O) groups excluding carboxylic acids is 2. The standard InChI is InChI=1S/C18H19N5O4S/c1-3-26-15-6-4-14(5-7-15)19-18(25)12(2)27-16(24)10-23-21-17(20-22-23)13-8-9-28-11-13/h4-9,11-12H,3,10H2,1-2H3,(H,19,25)/t12-/m1/s1. The second-order valence-corrected chi connectivity index (χ2v) is 6.51. The fourth-order valence-corrected chi connectivity index (χ4v) is 2.90. The molecule has 0 radical (unpaired) electrons. The third kappa shape index (κ3) is 5.13. The van der Waals surface area contributed by atoms with Gasteiger partial charge in [0.15, 0.2) is 12.6 Å². The maximum absolute atomic E-state index is 12.2. The molecule has 0 aliphatic carbocycles. The van der Waals surface area contributed by atoms with Gasteiger partial charge in [0.2, 0.25) is 5.82 Å². The fraction of sp³-hybridized carbons (Fsp3) is 0.278. The second-order valence-electron chi connectivity index (χ2n) is 5.73. The van der Waals surface area contributed by atoms with Crippen LogP contribution in [0.1, 0.15) is 13.8 Å². The quantitative estimate of drug-likeness (QED) is 0.577. The normalized spacial score (nSPS) is 11.6. The molecule has 1 aromatic carbocycles. The van der Waals surface area contributed by atoms with Gasteiger partial charge in [-0.25, -0.2) is 4.79 Å². The Balaban J connectivity index is 1.50. The van der Waals surface area contributed by atoms with Gasteiger partial charge in [0.05, 0.1) is 6.61 Å². The second kappa shape index (κ2) is 9.09. The average Bonchev–Trinajstić information content (AvgIpc) is 3.35. The lowest BCUT2D eigenvalue weighted by Crippen LogP contribution is -2.31. The lowest BCUT2D eigenvalue weighted by Gasteiger charge is -2.13. The van der Waals surface area contributed by atoms with Gasteiger partial charge in [-0.2, -0.15) is 16.1 Å². The van der Waals surface area contributed by atoms with Crippen molar-refractivity contribution in [3.63, 3.8) is 0 Å². The van der Waals surface area contributed by atoms with Crippen molar-refractivity contribution in [2.24, 2.45) is 0 Å². The predicted octanol–water partition coefficient (Wildman–Crippen LogP) is 2.37.